The van der Waals surface area contributed by atoms with Gasteiger partial charge in [0.15, 0.2) is 0 Å². The zero-order chi connectivity index (χ0) is 35.0. The minimum absolute atomic E-state index is 0.318. The second-order valence-electron chi connectivity index (χ2n) is 13.3. The zero-order valence-electron chi connectivity index (χ0n) is 28.8. The van der Waals surface area contributed by atoms with Crippen LogP contribution in [0.3, 0.4) is 0 Å². The second-order valence-corrected chi connectivity index (χ2v) is 14.3. The molecule has 0 saturated carbocycles. The van der Waals surface area contributed by atoms with Gasteiger partial charge >= 0.3 is 294 Å². The standard InChI is InChI=1S/C46H38N4.Pt/c1-46(2,44-29-12-13-30-47-44)36-21-14-23-38(31-36)50(39-24-15-22-37(32-39)49-33-48(3)42-27-10-11-28-43(42)49)45-40(34-17-6-4-7-18-34)25-16-26-41(45)35-19-8-5-9-20-35;/h4-32H,1-3H3;. The molecule has 0 radical (unpaired) electrons. The Morgan fingerprint density at radius 2 is 1.14 bits per heavy atom. The molecule has 0 amide bonds. The summed E-state index contributed by atoms with van der Waals surface area (Å²) < 4.78 is 5.73. The molecule has 0 spiro atoms. The van der Waals surface area contributed by atoms with Crippen molar-refractivity contribution < 1.29 is 19.4 Å². The van der Waals surface area contributed by atoms with Crippen LogP contribution in [-0.2, 0) is 31.8 Å². The molecule has 2 heterocycles. The van der Waals surface area contributed by atoms with Crippen LogP contribution in [0.1, 0.15) is 25.1 Å². The molecule has 5 heteroatoms. The Labute approximate surface area is 310 Å². The fourth-order valence-corrected chi connectivity index (χ4v) is 7.93. The monoisotopic (exact) mass is 841 g/mol. The number of nitrogens with zero attached hydrogens (tertiary/aromatic N) is 4. The van der Waals surface area contributed by atoms with Crippen molar-refractivity contribution in [2.45, 2.75) is 19.3 Å². The Hall–Kier alpha value is -5.57. The van der Waals surface area contributed by atoms with E-state index in [1.807, 2.05) is 12.3 Å². The summed E-state index contributed by atoms with van der Waals surface area (Å²) in [7, 11) is 2.13. The van der Waals surface area contributed by atoms with Gasteiger partial charge in [0.2, 0.25) is 0 Å². The van der Waals surface area contributed by atoms with Gasteiger partial charge in [0, 0.05) is 6.20 Å². The molecule has 0 fully saturated rings. The zero-order valence-corrected chi connectivity index (χ0v) is 31.1. The van der Waals surface area contributed by atoms with Crippen LogP contribution in [0, 0.1) is 3.80 Å². The summed E-state index contributed by atoms with van der Waals surface area (Å²) >= 11 is 2.44. The van der Waals surface area contributed by atoms with Crippen LogP contribution >= 0.6 is 0 Å². The first-order chi connectivity index (χ1) is 24.9. The maximum absolute atomic E-state index is 4.79. The van der Waals surface area contributed by atoms with Crippen molar-refractivity contribution in [1.82, 2.24) is 14.1 Å². The fourth-order valence-electron chi connectivity index (χ4n) is 7.09. The molecule has 0 aliphatic rings. The van der Waals surface area contributed by atoms with E-state index in [-0.39, 0.29) is 5.41 Å². The predicted octanol–water partition coefficient (Wildman–Crippen LogP) is 11.6. The number of pyridine rings is 1. The van der Waals surface area contributed by atoms with Crippen LogP contribution in [0.2, 0.25) is 0 Å². The van der Waals surface area contributed by atoms with E-state index in [0.717, 1.165) is 54.5 Å². The number of aromatic nitrogens is 3. The van der Waals surface area contributed by atoms with Crippen molar-refractivity contribution in [2.75, 3.05) is 4.90 Å². The van der Waals surface area contributed by atoms with Gasteiger partial charge in [-0.1, -0.05) is 6.07 Å². The molecule has 2 aromatic heterocycles. The number of fused-ring (bicyclic) bond motifs is 1. The van der Waals surface area contributed by atoms with Gasteiger partial charge in [0.05, 0.1) is 0 Å². The van der Waals surface area contributed by atoms with E-state index < -0.39 is 0 Å². The Balaban J connectivity index is 1.42. The summed E-state index contributed by atoms with van der Waals surface area (Å²) in [6, 6.07) is 60.8. The van der Waals surface area contributed by atoms with Gasteiger partial charge in [-0.3, -0.25) is 0 Å². The number of imidazole rings is 1. The Morgan fingerprint density at radius 3 is 1.78 bits per heavy atom. The normalized spacial score (nSPS) is 11.5. The second kappa shape index (κ2) is 13.6. The summed E-state index contributed by atoms with van der Waals surface area (Å²) in [6.07, 6.45) is 1.88. The molecule has 6 aromatic carbocycles. The summed E-state index contributed by atoms with van der Waals surface area (Å²) in [5.41, 5.74) is 13.3. The number of benzene rings is 6. The maximum atomic E-state index is 4.79. The van der Waals surface area contributed by atoms with E-state index >= 15 is 0 Å². The molecule has 252 valence electrons. The van der Waals surface area contributed by atoms with Crippen molar-refractivity contribution in [3.63, 3.8) is 0 Å². The van der Waals surface area contributed by atoms with Crippen molar-refractivity contribution in [1.29, 1.82) is 0 Å². The molecule has 0 bridgehead atoms. The van der Waals surface area contributed by atoms with Crippen molar-refractivity contribution >= 4 is 28.1 Å². The molecule has 0 aliphatic heterocycles. The Morgan fingerprint density at radius 1 is 0.569 bits per heavy atom. The van der Waals surface area contributed by atoms with E-state index in [0.29, 0.717) is 0 Å². The molecule has 0 N–H and O–H groups in total. The Bertz CT molecular complexity index is 2480. The molecule has 0 aliphatic carbocycles. The third kappa shape index (κ3) is 6.00. The Kier molecular flexibility index (Phi) is 8.71. The van der Waals surface area contributed by atoms with Crippen LogP contribution in [0.5, 0.6) is 0 Å². The minimum atomic E-state index is -0.318. The van der Waals surface area contributed by atoms with Crippen LogP contribution in [-0.4, -0.2) is 14.1 Å². The van der Waals surface area contributed by atoms with Gasteiger partial charge in [0.1, 0.15) is 0 Å². The predicted molar refractivity (Wildman–Crippen MR) is 207 cm³/mol. The fraction of sp³-hybridized carbons (Fsp3) is 0.0870. The van der Waals surface area contributed by atoms with E-state index in [1.54, 1.807) is 0 Å². The van der Waals surface area contributed by atoms with E-state index in [2.05, 4.69) is 218 Å². The van der Waals surface area contributed by atoms with Crippen molar-refractivity contribution in [3.8, 4) is 27.9 Å². The number of para-hydroxylation sites is 3. The van der Waals surface area contributed by atoms with Crippen molar-refractivity contribution in [2.24, 2.45) is 7.05 Å². The number of anilines is 3. The topological polar surface area (TPSA) is 26.0 Å². The summed E-state index contributed by atoms with van der Waals surface area (Å²) in [5, 5.41) is 0. The molecule has 4 nitrogen and oxygen atoms in total. The molecular formula is C46H38N4Pt. The van der Waals surface area contributed by atoms with Gasteiger partial charge in [0.25, 0.3) is 0 Å². The van der Waals surface area contributed by atoms with E-state index in [9.17, 15) is 0 Å². The first-order valence-corrected chi connectivity index (χ1v) is 18.3. The third-order valence-electron chi connectivity index (χ3n) is 9.82. The average molecular weight is 842 g/mol. The molecule has 0 atom stereocenters. The molecule has 0 unspecified atom stereocenters. The van der Waals surface area contributed by atoms with Crippen LogP contribution < -0.4 is 4.90 Å². The van der Waals surface area contributed by atoms with Gasteiger partial charge in [-0.05, 0) is 6.07 Å². The van der Waals surface area contributed by atoms with Crippen molar-refractivity contribution in [3.05, 3.63) is 191 Å². The molecule has 51 heavy (non-hydrogen) atoms. The first-order valence-electron chi connectivity index (χ1n) is 17.2. The SMILES string of the molecule is Cn1[c](=[Pt])n(-c2cccc(N(c3cccc(C(C)(C)c4ccccn4)c3)c3c(-c4ccccc4)cccc3-c3ccccc3)c2)c2ccccc21. The van der Waals surface area contributed by atoms with E-state index in [4.69, 9.17) is 4.98 Å². The van der Waals surface area contributed by atoms with E-state index in [1.165, 1.54) is 16.6 Å². The summed E-state index contributed by atoms with van der Waals surface area (Å²) in [5.74, 6) is 0. The van der Waals surface area contributed by atoms with Crippen LogP contribution in [0.4, 0.5) is 17.1 Å². The number of hydrogen-bond acceptors (Lipinski definition) is 2. The van der Waals surface area contributed by atoms with Gasteiger partial charge in [-0.15, -0.1) is 0 Å². The summed E-state index contributed by atoms with van der Waals surface area (Å²) in [4.78, 5) is 7.24. The molecule has 0 saturated heterocycles. The molecular weight excluding hydrogens is 804 g/mol. The summed E-state index contributed by atoms with van der Waals surface area (Å²) in [6.45, 7) is 4.51. The van der Waals surface area contributed by atoms with Gasteiger partial charge < -0.3 is 0 Å². The van der Waals surface area contributed by atoms with Crippen LogP contribution in [0.25, 0.3) is 39.0 Å². The quantitative estimate of drug-likeness (QED) is 0.152. The number of rotatable bonds is 8. The average Bonchev–Trinajstić information content (AvgIpc) is 3.45. The number of hydrogen-bond donors (Lipinski definition) is 0. The van der Waals surface area contributed by atoms with Crippen LogP contribution in [0.15, 0.2) is 176 Å². The van der Waals surface area contributed by atoms with Gasteiger partial charge in [-0.25, -0.2) is 0 Å². The first kappa shape index (κ1) is 32.6. The third-order valence-corrected chi connectivity index (χ3v) is 11.1. The molecule has 8 aromatic rings. The van der Waals surface area contributed by atoms with Gasteiger partial charge in [-0.2, -0.15) is 0 Å². The molecule has 8 rings (SSSR count). The number of aryl methyl sites for hydroxylation is 1.